The summed E-state index contributed by atoms with van der Waals surface area (Å²) >= 11 is 8.21. The van der Waals surface area contributed by atoms with Gasteiger partial charge in [-0.05, 0) is 23.6 Å². The van der Waals surface area contributed by atoms with Crippen LogP contribution in [0.4, 0.5) is 5.82 Å². The predicted octanol–water partition coefficient (Wildman–Crippen LogP) is 6.25. The molecule has 2 aromatic carbocycles. The number of fused-ring (bicyclic) bond motifs is 2. The first kappa shape index (κ1) is 22.4. The Morgan fingerprint density at radius 3 is 2.74 bits per heavy atom. The van der Waals surface area contributed by atoms with Gasteiger partial charge in [0.1, 0.15) is 23.0 Å². The standard InChI is InChI=1S/C26H23ClN4O2S/c1-3-20-22(16-10-7-11-18-21(16)17(27)13-28-18)23-24(29-14-30-25(23)34-20)31-19(26(32)33-2)12-15-8-5-4-6-9-15/h4-11,13-14,19,28H,3,12H2,1-2H3,(H,29,30,31). The number of carbonyl (C=O) groups excluding carboxylic acids is 1. The summed E-state index contributed by atoms with van der Waals surface area (Å²) in [5, 5.41) is 5.87. The first-order valence-electron chi connectivity index (χ1n) is 11.0. The largest absolute Gasteiger partial charge is 0.467 e. The summed E-state index contributed by atoms with van der Waals surface area (Å²) in [6.07, 6.45) is 4.64. The van der Waals surface area contributed by atoms with Crippen molar-refractivity contribution in [3.05, 3.63) is 76.5 Å². The van der Waals surface area contributed by atoms with Crippen LogP contribution in [0, 0.1) is 0 Å². The van der Waals surface area contributed by atoms with Crippen molar-refractivity contribution < 1.29 is 9.53 Å². The zero-order valence-electron chi connectivity index (χ0n) is 18.8. The number of nitrogens with one attached hydrogen (secondary N) is 2. The second-order valence-corrected chi connectivity index (χ2v) is 9.42. The third-order valence-electron chi connectivity index (χ3n) is 5.89. The predicted molar refractivity (Wildman–Crippen MR) is 139 cm³/mol. The number of H-pyrrole nitrogens is 1. The number of aromatic amines is 1. The van der Waals surface area contributed by atoms with Gasteiger partial charge in [-0.15, -0.1) is 11.3 Å². The molecular formula is C26H23ClN4O2S. The van der Waals surface area contributed by atoms with Gasteiger partial charge in [-0.2, -0.15) is 0 Å². The molecule has 0 aliphatic carbocycles. The fraction of sp³-hybridized carbons (Fsp3) is 0.192. The molecule has 34 heavy (non-hydrogen) atoms. The number of nitrogens with zero attached hydrogens (tertiary/aromatic N) is 2. The van der Waals surface area contributed by atoms with Gasteiger partial charge in [-0.1, -0.05) is 61.0 Å². The molecule has 172 valence electrons. The molecule has 0 saturated heterocycles. The van der Waals surface area contributed by atoms with E-state index in [9.17, 15) is 4.79 Å². The van der Waals surface area contributed by atoms with Crippen molar-refractivity contribution in [2.75, 3.05) is 12.4 Å². The molecule has 6 nitrogen and oxygen atoms in total. The number of hydrogen-bond donors (Lipinski definition) is 2. The van der Waals surface area contributed by atoms with Gasteiger partial charge in [-0.25, -0.2) is 14.8 Å². The van der Waals surface area contributed by atoms with Crippen LogP contribution in [0.15, 0.2) is 61.1 Å². The molecule has 0 amide bonds. The molecule has 0 bridgehead atoms. The zero-order valence-corrected chi connectivity index (χ0v) is 20.3. The van der Waals surface area contributed by atoms with Crippen LogP contribution >= 0.6 is 22.9 Å². The minimum atomic E-state index is -0.602. The maximum absolute atomic E-state index is 12.7. The summed E-state index contributed by atoms with van der Waals surface area (Å²) in [5.41, 5.74) is 4.05. The van der Waals surface area contributed by atoms with Gasteiger partial charge < -0.3 is 15.0 Å². The van der Waals surface area contributed by atoms with Crippen molar-refractivity contribution >= 4 is 55.8 Å². The third-order valence-corrected chi connectivity index (χ3v) is 7.43. The van der Waals surface area contributed by atoms with E-state index >= 15 is 0 Å². The summed E-state index contributed by atoms with van der Waals surface area (Å²) in [5.74, 6) is 0.254. The number of thiophene rings is 1. The average Bonchev–Trinajstić information content (AvgIpc) is 3.44. The molecule has 2 N–H and O–H groups in total. The van der Waals surface area contributed by atoms with Crippen LogP contribution in [0.1, 0.15) is 17.4 Å². The lowest BCUT2D eigenvalue weighted by molar-refractivity contribution is -0.141. The number of anilines is 1. The highest BCUT2D eigenvalue weighted by Gasteiger charge is 2.25. The molecule has 0 spiro atoms. The number of ether oxygens (including phenoxy) is 1. The number of aryl methyl sites for hydroxylation is 1. The smallest absolute Gasteiger partial charge is 0.328 e. The van der Waals surface area contributed by atoms with Crippen molar-refractivity contribution in [1.29, 1.82) is 0 Å². The number of aromatic nitrogens is 3. The highest BCUT2D eigenvalue weighted by atomic mass is 35.5. The van der Waals surface area contributed by atoms with E-state index in [2.05, 4.69) is 33.3 Å². The van der Waals surface area contributed by atoms with Gasteiger partial charge in [0.2, 0.25) is 0 Å². The van der Waals surface area contributed by atoms with E-state index in [1.54, 1.807) is 17.5 Å². The molecule has 1 unspecified atom stereocenters. The van der Waals surface area contributed by atoms with Crippen LogP contribution in [0.2, 0.25) is 5.02 Å². The molecular weight excluding hydrogens is 468 g/mol. The van der Waals surface area contributed by atoms with E-state index in [0.717, 1.165) is 44.2 Å². The van der Waals surface area contributed by atoms with E-state index < -0.39 is 6.04 Å². The molecule has 1 atom stereocenters. The van der Waals surface area contributed by atoms with Crippen molar-refractivity contribution in [1.82, 2.24) is 15.0 Å². The molecule has 0 saturated carbocycles. The highest BCUT2D eigenvalue weighted by molar-refractivity contribution is 7.19. The van der Waals surface area contributed by atoms with Crippen molar-refractivity contribution in [2.24, 2.45) is 0 Å². The van der Waals surface area contributed by atoms with Crippen LogP contribution in [0.3, 0.4) is 0 Å². The number of carbonyl (C=O) groups is 1. The van der Waals surface area contributed by atoms with E-state index in [1.807, 2.05) is 42.5 Å². The Labute approximate surface area is 206 Å². The van der Waals surface area contributed by atoms with Gasteiger partial charge in [0.25, 0.3) is 0 Å². The monoisotopic (exact) mass is 490 g/mol. The lowest BCUT2D eigenvalue weighted by atomic mass is 9.98. The zero-order chi connectivity index (χ0) is 23.7. The SMILES string of the molecule is CCc1sc2ncnc(NC(Cc3ccccc3)C(=O)OC)c2c1-c1cccc2[nH]cc(Cl)c12. The van der Waals surface area contributed by atoms with Crippen molar-refractivity contribution in [3.63, 3.8) is 0 Å². The van der Waals surface area contributed by atoms with E-state index in [4.69, 9.17) is 16.3 Å². The number of rotatable bonds is 7. The normalized spacial score (nSPS) is 12.2. The van der Waals surface area contributed by atoms with Crippen LogP contribution in [0.5, 0.6) is 0 Å². The summed E-state index contributed by atoms with van der Waals surface area (Å²) < 4.78 is 5.11. The Morgan fingerprint density at radius 1 is 1.15 bits per heavy atom. The van der Waals surface area contributed by atoms with E-state index in [1.165, 1.54) is 18.3 Å². The topological polar surface area (TPSA) is 79.9 Å². The summed E-state index contributed by atoms with van der Waals surface area (Å²) in [4.78, 5) is 27.1. The Morgan fingerprint density at radius 2 is 1.97 bits per heavy atom. The maximum atomic E-state index is 12.7. The maximum Gasteiger partial charge on any atom is 0.328 e. The van der Waals surface area contributed by atoms with Crippen LogP contribution in [-0.2, 0) is 22.4 Å². The van der Waals surface area contributed by atoms with E-state index in [-0.39, 0.29) is 5.97 Å². The first-order chi connectivity index (χ1) is 16.6. The summed E-state index contributed by atoms with van der Waals surface area (Å²) in [6.45, 7) is 2.13. The molecule has 3 aromatic heterocycles. The quantitative estimate of drug-likeness (QED) is 0.263. The second-order valence-electron chi connectivity index (χ2n) is 7.93. The lowest BCUT2D eigenvalue weighted by Gasteiger charge is -2.18. The molecule has 5 rings (SSSR count). The Kier molecular flexibility index (Phi) is 6.22. The fourth-order valence-electron chi connectivity index (χ4n) is 4.32. The van der Waals surface area contributed by atoms with Crippen LogP contribution < -0.4 is 5.32 Å². The highest BCUT2D eigenvalue weighted by Crippen LogP contribution is 2.45. The Balaban J connectivity index is 1.67. The van der Waals surface area contributed by atoms with Gasteiger partial charge in [-0.3, -0.25) is 0 Å². The molecule has 8 heteroatoms. The van der Waals surface area contributed by atoms with Gasteiger partial charge >= 0.3 is 5.97 Å². The van der Waals surface area contributed by atoms with Gasteiger partial charge in [0.05, 0.1) is 17.5 Å². The Hall–Kier alpha value is -3.42. The van der Waals surface area contributed by atoms with Crippen LogP contribution in [0.25, 0.3) is 32.2 Å². The van der Waals surface area contributed by atoms with Crippen molar-refractivity contribution in [3.8, 4) is 11.1 Å². The molecule has 0 radical (unpaired) electrons. The number of halogens is 1. The minimum absolute atomic E-state index is 0.348. The van der Waals surface area contributed by atoms with Crippen LogP contribution in [-0.4, -0.2) is 34.1 Å². The third kappa shape index (κ3) is 4.02. The molecule has 3 heterocycles. The second kappa shape index (κ2) is 9.44. The Bertz CT molecular complexity index is 1480. The average molecular weight is 491 g/mol. The molecule has 0 fully saturated rings. The van der Waals surface area contributed by atoms with E-state index in [0.29, 0.717) is 17.3 Å². The van der Waals surface area contributed by atoms with Crippen molar-refractivity contribution in [2.45, 2.75) is 25.8 Å². The van der Waals surface area contributed by atoms with Gasteiger partial charge in [0, 0.05) is 34.0 Å². The summed E-state index contributed by atoms with van der Waals surface area (Å²) in [6, 6.07) is 15.3. The lowest BCUT2D eigenvalue weighted by Crippen LogP contribution is -2.33. The number of hydrogen-bond acceptors (Lipinski definition) is 6. The molecule has 0 aliphatic heterocycles. The number of esters is 1. The number of benzene rings is 2. The molecule has 5 aromatic rings. The fourth-order valence-corrected chi connectivity index (χ4v) is 5.68. The van der Waals surface area contributed by atoms with Gasteiger partial charge in [0.15, 0.2) is 0 Å². The summed E-state index contributed by atoms with van der Waals surface area (Å²) in [7, 11) is 1.40. The first-order valence-corrected chi connectivity index (χ1v) is 12.2. The molecule has 0 aliphatic rings. The number of methoxy groups -OCH3 is 1. The minimum Gasteiger partial charge on any atom is -0.467 e.